The molecule has 3 rings (SSSR count). The smallest absolute Gasteiger partial charge is 0.122 e. The molecule has 2 aromatic rings. The third kappa shape index (κ3) is 3.36. The van der Waals surface area contributed by atoms with E-state index in [1.807, 2.05) is 0 Å². The number of hydrogen-bond acceptors (Lipinski definition) is 4. The normalized spacial score (nSPS) is 15.3. The fourth-order valence-corrected chi connectivity index (χ4v) is 3.32. The fraction of sp³-hybridized carbons (Fsp3) is 0.368. The van der Waals surface area contributed by atoms with Crippen LogP contribution in [0.4, 0.5) is 0 Å². The van der Waals surface area contributed by atoms with Crippen molar-refractivity contribution in [3.8, 4) is 23.0 Å². The van der Waals surface area contributed by atoms with Gasteiger partial charge in [-0.25, -0.2) is 0 Å². The Morgan fingerprint density at radius 1 is 0.478 bits per heavy atom. The third-order valence-electron chi connectivity index (χ3n) is 4.56. The van der Waals surface area contributed by atoms with E-state index in [0.29, 0.717) is 24.0 Å². The molecule has 4 bridgehead atoms. The molecule has 4 N–H and O–H groups in total. The molecule has 23 heavy (non-hydrogen) atoms. The summed E-state index contributed by atoms with van der Waals surface area (Å²) in [6.45, 7) is 0. The number of rotatable bonds is 0. The van der Waals surface area contributed by atoms with E-state index in [-0.39, 0.29) is 23.0 Å². The predicted octanol–water partition coefficient (Wildman–Crippen LogP) is 3.56. The number of benzene rings is 2. The fourth-order valence-electron chi connectivity index (χ4n) is 3.32. The Labute approximate surface area is 135 Å². The zero-order chi connectivity index (χ0) is 16.4. The van der Waals surface area contributed by atoms with Crippen molar-refractivity contribution in [1.29, 1.82) is 0 Å². The number of aromatic hydroxyl groups is 4. The first kappa shape index (κ1) is 15.5. The van der Waals surface area contributed by atoms with Crippen molar-refractivity contribution in [3.05, 3.63) is 46.5 Å². The number of aryl methyl sites for hydroxylation is 4. The highest BCUT2D eigenvalue weighted by atomic mass is 16.3. The van der Waals surface area contributed by atoms with E-state index in [4.69, 9.17) is 0 Å². The topological polar surface area (TPSA) is 80.9 Å². The van der Waals surface area contributed by atoms with Crippen molar-refractivity contribution in [2.45, 2.75) is 44.9 Å². The highest BCUT2D eigenvalue weighted by Gasteiger charge is 2.15. The van der Waals surface area contributed by atoms with E-state index >= 15 is 0 Å². The van der Waals surface area contributed by atoms with E-state index in [0.717, 1.165) is 43.2 Å². The monoisotopic (exact) mass is 314 g/mol. The van der Waals surface area contributed by atoms with E-state index in [1.165, 1.54) is 0 Å². The minimum absolute atomic E-state index is 0.156. The number of hydrogen-bond donors (Lipinski definition) is 4. The first-order valence-electron chi connectivity index (χ1n) is 8.12. The summed E-state index contributed by atoms with van der Waals surface area (Å²) < 4.78 is 0. The molecule has 4 nitrogen and oxygen atoms in total. The van der Waals surface area contributed by atoms with Gasteiger partial charge in [-0.15, -0.1) is 0 Å². The lowest BCUT2D eigenvalue weighted by Gasteiger charge is -2.12. The van der Waals surface area contributed by atoms with Crippen molar-refractivity contribution in [2.75, 3.05) is 0 Å². The van der Waals surface area contributed by atoms with Crippen LogP contribution in [0.2, 0.25) is 0 Å². The lowest BCUT2D eigenvalue weighted by molar-refractivity contribution is 0.443. The van der Waals surface area contributed by atoms with Gasteiger partial charge in [0.1, 0.15) is 23.0 Å². The van der Waals surface area contributed by atoms with E-state index in [1.54, 1.807) is 24.3 Å². The van der Waals surface area contributed by atoms with Gasteiger partial charge in [-0.1, -0.05) is 6.42 Å². The summed E-state index contributed by atoms with van der Waals surface area (Å²) in [5.41, 5.74) is 2.89. The lowest BCUT2D eigenvalue weighted by atomic mass is 9.97. The number of phenolic OH excluding ortho intramolecular Hbond substituents is 4. The Bertz CT molecular complexity index is 660. The second-order valence-corrected chi connectivity index (χ2v) is 6.29. The average Bonchev–Trinajstić information content (AvgIpc) is 2.51. The Morgan fingerprint density at radius 2 is 0.826 bits per heavy atom. The van der Waals surface area contributed by atoms with Crippen LogP contribution < -0.4 is 0 Å². The first-order chi connectivity index (χ1) is 11.0. The molecule has 0 saturated carbocycles. The minimum atomic E-state index is 0.156. The standard InChI is InChI=1S/C19H22O4/c20-16-8-12-4-2-1-3-5-13-9-17(21)11-15(19(13)23)7-6-14(10-16)18(12)22/h8-11,20-23H,1-7H2. The van der Waals surface area contributed by atoms with Gasteiger partial charge in [0.25, 0.3) is 0 Å². The van der Waals surface area contributed by atoms with Crippen LogP contribution in [-0.2, 0) is 25.7 Å². The zero-order valence-electron chi connectivity index (χ0n) is 13.0. The van der Waals surface area contributed by atoms with Crippen LogP contribution in [0.5, 0.6) is 23.0 Å². The van der Waals surface area contributed by atoms with Crippen LogP contribution in [0.3, 0.4) is 0 Å². The second-order valence-electron chi connectivity index (χ2n) is 6.29. The largest absolute Gasteiger partial charge is 0.508 e. The van der Waals surface area contributed by atoms with Gasteiger partial charge in [-0.2, -0.15) is 0 Å². The van der Waals surface area contributed by atoms with Crippen LogP contribution in [-0.4, -0.2) is 20.4 Å². The van der Waals surface area contributed by atoms with Crippen molar-refractivity contribution < 1.29 is 20.4 Å². The minimum Gasteiger partial charge on any atom is -0.508 e. The highest BCUT2D eigenvalue weighted by Crippen LogP contribution is 2.34. The third-order valence-corrected chi connectivity index (χ3v) is 4.56. The number of phenols is 4. The summed E-state index contributed by atoms with van der Waals surface area (Å²) in [5.74, 6) is 0.788. The molecule has 0 fully saturated rings. The molecule has 0 amide bonds. The number of fused-ring (bicyclic) bond motifs is 4. The summed E-state index contributed by atoms with van der Waals surface area (Å²) >= 11 is 0. The van der Waals surface area contributed by atoms with E-state index in [9.17, 15) is 20.4 Å². The van der Waals surface area contributed by atoms with Gasteiger partial charge < -0.3 is 20.4 Å². The quantitative estimate of drug-likeness (QED) is 0.560. The van der Waals surface area contributed by atoms with Gasteiger partial charge in [0.15, 0.2) is 0 Å². The van der Waals surface area contributed by atoms with Gasteiger partial charge in [0.2, 0.25) is 0 Å². The molecule has 0 atom stereocenters. The Kier molecular flexibility index (Phi) is 4.33. The average molecular weight is 314 g/mol. The van der Waals surface area contributed by atoms with Gasteiger partial charge in [0, 0.05) is 0 Å². The molecule has 0 unspecified atom stereocenters. The van der Waals surface area contributed by atoms with Crippen LogP contribution in [0.15, 0.2) is 24.3 Å². The molecule has 0 spiro atoms. The Hall–Kier alpha value is -2.36. The first-order valence-corrected chi connectivity index (χ1v) is 8.12. The second kappa shape index (κ2) is 6.41. The van der Waals surface area contributed by atoms with Crippen LogP contribution >= 0.6 is 0 Å². The van der Waals surface area contributed by atoms with E-state index < -0.39 is 0 Å². The van der Waals surface area contributed by atoms with Crippen LogP contribution in [0.25, 0.3) is 0 Å². The zero-order valence-corrected chi connectivity index (χ0v) is 13.0. The van der Waals surface area contributed by atoms with E-state index in [2.05, 4.69) is 0 Å². The van der Waals surface area contributed by atoms with Gasteiger partial charge in [0.05, 0.1) is 0 Å². The maximum absolute atomic E-state index is 10.4. The molecular formula is C19H22O4. The molecular weight excluding hydrogens is 292 g/mol. The lowest BCUT2D eigenvalue weighted by Crippen LogP contribution is -1.96. The van der Waals surface area contributed by atoms with Gasteiger partial charge in [-0.3, -0.25) is 0 Å². The summed E-state index contributed by atoms with van der Waals surface area (Å²) in [4.78, 5) is 0. The van der Waals surface area contributed by atoms with Crippen molar-refractivity contribution in [3.63, 3.8) is 0 Å². The maximum Gasteiger partial charge on any atom is 0.122 e. The van der Waals surface area contributed by atoms with Crippen molar-refractivity contribution in [1.82, 2.24) is 0 Å². The predicted molar refractivity (Wildman–Crippen MR) is 88.2 cm³/mol. The molecule has 122 valence electrons. The summed E-state index contributed by atoms with van der Waals surface area (Å²) in [6.07, 6.45) is 5.19. The van der Waals surface area contributed by atoms with Crippen molar-refractivity contribution >= 4 is 0 Å². The van der Waals surface area contributed by atoms with Gasteiger partial charge in [-0.05, 0) is 85.0 Å². The summed E-state index contributed by atoms with van der Waals surface area (Å²) in [7, 11) is 0. The molecule has 1 aliphatic rings. The van der Waals surface area contributed by atoms with Crippen LogP contribution in [0.1, 0.15) is 41.5 Å². The van der Waals surface area contributed by atoms with Gasteiger partial charge >= 0.3 is 0 Å². The molecule has 0 saturated heterocycles. The summed E-state index contributed by atoms with van der Waals surface area (Å²) in [6, 6.07) is 6.39. The molecule has 0 aliphatic heterocycles. The maximum atomic E-state index is 10.4. The Balaban J connectivity index is 2.00. The molecule has 4 heteroatoms. The van der Waals surface area contributed by atoms with Crippen molar-refractivity contribution in [2.24, 2.45) is 0 Å². The molecule has 1 aliphatic carbocycles. The SMILES string of the molecule is Oc1cc2c(O)c(c1)CCc1cc(O)cc(c1O)CCCCC2. The summed E-state index contributed by atoms with van der Waals surface area (Å²) in [5, 5.41) is 40.6. The molecule has 0 aromatic heterocycles. The Morgan fingerprint density at radius 3 is 1.22 bits per heavy atom. The molecule has 2 aromatic carbocycles. The molecule has 0 heterocycles. The highest BCUT2D eigenvalue weighted by molar-refractivity contribution is 5.49. The van der Waals surface area contributed by atoms with Crippen LogP contribution in [0, 0.1) is 0 Å². The molecule has 0 radical (unpaired) electrons.